The van der Waals surface area contributed by atoms with Crippen molar-refractivity contribution in [2.24, 2.45) is 5.73 Å². The van der Waals surface area contributed by atoms with Crippen LogP contribution in [-0.4, -0.2) is 12.2 Å². The maximum Gasteiger partial charge on any atom is 0.163 e. The largest absolute Gasteiger partial charge is 0.504 e. The van der Waals surface area contributed by atoms with Crippen LogP contribution in [0.1, 0.15) is 18.5 Å². The van der Waals surface area contributed by atoms with E-state index in [0.717, 1.165) is 6.07 Å². The number of methoxy groups -OCH3 is 1. The lowest BCUT2D eigenvalue weighted by Crippen LogP contribution is -2.06. The second-order valence-electron chi connectivity index (χ2n) is 2.83. The molecule has 0 amide bonds. The number of hydrogen-bond acceptors (Lipinski definition) is 3. The molecule has 0 heterocycles. The van der Waals surface area contributed by atoms with Crippen LogP contribution in [0.5, 0.6) is 11.5 Å². The van der Waals surface area contributed by atoms with Crippen molar-refractivity contribution in [3.05, 3.63) is 23.5 Å². The van der Waals surface area contributed by atoms with Crippen LogP contribution >= 0.6 is 12.4 Å². The van der Waals surface area contributed by atoms with Gasteiger partial charge in [0.1, 0.15) is 5.82 Å². The summed E-state index contributed by atoms with van der Waals surface area (Å²) in [5.41, 5.74) is 5.87. The average molecular weight is 222 g/mol. The van der Waals surface area contributed by atoms with Gasteiger partial charge in [0.05, 0.1) is 7.11 Å². The first kappa shape index (κ1) is 13.0. The molecule has 0 spiro atoms. The number of phenolic OH excluding ortho intramolecular Hbond substituents is 1. The lowest BCUT2D eigenvalue weighted by molar-refractivity contribution is 0.365. The predicted octanol–water partition coefficient (Wildman–Crippen LogP) is 1.98. The summed E-state index contributed by atoms with van der Waals surface area (Å²) in [5, 5.41) is 9.51. The summed E-state index contributed by atoms with van der Waals surface area (Å²) in [7, 11) is 1.36. The summed E-state index contributed by atoms with van der Waals surface area (Å²) in [6.45, 7) is 1.66. The van der Waals surface area contributed by atoms with Crippen LogP contribution in [0.25, 0.3) is 0 Å². The molecule has 3 N–H and O–H groups in total. The fraction of sp³-hybridized carbons (Fsp3) is 0.333. The molecule has 0 saturated heterocycles. The third kappa shape index (κ3) is 2.49. The second-order valence-corrected chi connectivity index (χ2v) is 2.83. The molecular weight excluding hydrogens is 209 g/mol. The summed E-state index contributed by atoms with van der Waals surface area (Å²) < 4.78 is 17.7. The molecule has 1 aromatic carbocycles. The average Bonchev–Trinajstić information content (AvgIpc) is 2.08. The van der Waals surface area contributed by atoms with Crippen LogP contribution in [0.4, 0.5) is 4.39 Å². The van der Waals surface area contributed by atoms with E-state index in [-0.39, 0.29) is 23.9 Å². The van der Waals surface area contributed by atoms with Crippen molar-refractivity contribution in [1.29, 1.82) is 0 Å². The fourth-order valence-corrected chi connectivity index (χ4v) is 1.10. The normalized spacial score (nSPS) is 11.7. The van der Waals surface area contributed by atoms with Crippen LogP contribution in [0, 0.1) is 5.82 Å². The molecule has 0 aliphatic heterocycles. The highest BCUT2D eigenvalue weighted by Crippen LogP contribution is 2.33. The van der Waals surface area contributed by atoms with Crippen LogP contribution in [-0.2, 0) is 0 Å². The van der Waals surface area contributed by atoms with E-state index in [1.807, 2.05) is 0 Å². The number of nitrogens with two attached hydrogens (primary N) is 1. The molecule has 0 fully saturated rings. The zero-order chi connectivity index (χ0) is 10.0. The van der Waals surface area contributed by atoms with Crippen molar-refractivity contribution < 1.29 is 14.2 Å². The Balaban J connectivity index is 0.00000169. The maximum absolute atomic E-state index is 12.9. The molecule has 0 radical (unpaired) electrons. The maximum atomic E-state index is 12.9. The van der Waals surface area contributed by atoms with Gasteiger partial charge in [-0.25, -0.2) is 4.39 Å². The first-order valence-electron chi connectivity index (χ1n) is 3.88. The van der Waals surface area contributed by atoms with E-state index in [9.17, 15) is 9.50 Å². The Bertz CT molecular complexity index is 318. The highest BCUT2D eigenvalue weighted by molar-refractivity contribution is 5.85. The molecular formula is C9H13ClFNO2. The minimum absolute atomic E-state index is 0. The number of benzene rings is 1. The highest BCUT2D eigenvalue weighted by atomic mass is 35.5. The molecule has 80 valence electrons. The zero-order valence-corrected chi connectivity index (χ0v) is 8.77. The molecule has 14 heavy (non-hydrogen) atoms. The van der Waals surface area contributed by atoms with Crippen molar-refractivity contribution in [2.75, 3.05) is 7.11 Å². The van der Waals surface area contributed by atoms with Gasteiger partial charge in [0.25, 0.3) is 0 Å². The number of ether oxygens (including phenoxy) is 1. The van der Waals surface area contributed by atoms with E-state index in [1.165, 1.54) is 13.2 Å². The molecule has 5 heteroatoms. The zero-order valence-electron chi connectivity index (χ0n) is 7.95. The number of rotatable bonds is 2. The number of aromatic hydroxyl groups is 1. The van der Waals surface area contributed by atoms with E-state index in [2.05, 4.69) is 0 Å². The van der Waals surface area contributed by atoms with Gasteiger partial charge in [-0.05, 0) is 13.0 Å². The van der Waals surface area contributed by atoms with E-state index < -0.39 is 11.9 Å². The SMILES string of the molecule is COc1cc(F)cc([C@@H](C)N)c1O.Cl. The third-order valence-corrected chi connectivity index (χ3v) is 1.78. The Hall–Kier alpha value is -1.00. The Morgan fingerprint density at radius 2 is 2.07 bits per heavy atom. The third-order valence-electron chi connectivity index (χ3n) is 1.78. The smallest absolute Gasteiger partial charge is 0.163 e. The minimum Gasteiger partial charge on any atom is -0.504 e. The molecule has 0 unspecified atom stereocenters. The van der Waals surface area contributed by atoms with Crippen LogP contribution in [0.3, 0.4) is 0 Å². The van der Waals surface area contributed by atoms with Crippen molar-refractivity contribution in [3.8, 4) is 11.5 Å². The molecule has 1 atom stereocenters. The summed E-state index contributed by atoms with van der Waals surface area (Å²) in [5.74, 6) is -0.465. The standard InChI is InChI=1S/C9H12FNO2.ClH/c1-5(11)7-3-6(10)4-8(13-2)9(7)12;/h3-5,12H,11H2,1-2H3;1H/t5-;/m1./s1. The fourth-order valence-electron chi connectivity index (χ4n) is 1.10. The molecule has 1 aromatic rings. The Labute approximate surface area is 88.1 Å². The number of halogens is 2. The summed E-state index contributed by atoms with van der Waals surface area (Å²) >= 11 is 0. The quantitative estimate of drug-likeness (QED) is 0.803. The second kappa shape index (κ2) is 5.02. The Morgan fingerprint density at radius 3 is 2.50 bits per heavy atom. The molecule has 0 aliphatic rings. The predicted molar refractivity (Wildman–Crippen MR) is 54.5 cm³/mol. The molecule has 0 aliphatic carbocycles. The molecule has 3 nitrogen and oxygen atoms in total. The summed E-state index contributed by atoms with van der Waals surface area (Å²) in [6.07, 6.45) is 0. The molecule has 0 saturated carbocycles. The monoisotopic (exact) mass is 221 g/mol. The van der Waals surface area contributed by atoms with Gasteiger partial charge in [0.2, 0.25) is 0 Å². The first-order chi connectivity index (χ1) is 6.06. The van der Waals surface area contributed by atoms with E-state index in [0.29, 0.717) is 5.56 Å². The van der Waals surface area contributed by atoms with Crippen LogP contribution in [0.2, 0.25) is 0 Å². The van der Waals surface area contributed by atoms with Gasteiger partial charge in [-0.3, -0.25) is 0 Å². The Kier molecular flexibility index (Phi) is 4.67. The molecule has 0 aromatic heterocycles. The van der Waals surface area contributed by atoms with Gasteiger partial charge in [-0.1, -0.05) is 0 Å². The Morgan fingerprint density at radius 1 is 1.50 bits per heavy atom. The minimum atomic E-state index is -0.470. The van der Waals surface area contributed by atoms with Crippen LogP contribution < -0.4 is 10.5 Å². The van der Waals surface area contributed by atoms with Crippen molar-refractivity contribution in [3.63, 3.8) is 0 Å². The van der Waals surface area contributed by atoms with Crippen molar-refractivity contribution in [1.82, 2.24) is 0 Å². The van der Waals surface area contributed by atoms with Gasteiger partial charge in [-0.2, -0.15) is 0 Å². The van der Waals surface area contributed by atoms with Gasteiger partial charge in [0.15, 0.2) is 11.5 Å². The number of hydrogen-bond donors (Lipinski definition) is 2. The van der Waals surface area contributed by atoms with Gasteiger partial charge < -0.3 is 15.6 Å². The van der Waals surface area contributed by atoms with E-state index in [4.69, 9.17) is 10.5 Å². The van der Waals surface area contributed by atoms with Gasteiger partial charge >= 0.3 is 0 Å². The van der Waals surface area contributed by atoms with Crippen LogP contribution in [0.15, 0.2) is 12.1 Å². The van der Waals surface area contributed by atoms with Gasteiger partial charge in [0, 0.05) is 17.7 Å². The number of phenols is 1. The molecule has 0 bridgehead atoms. The summed E-state index contributed by atoms with van der Waals surface area (Å²) in [4.78, 5) is 0. The molecule has 1 rings (SSSR count). The highest BCUT2D eigenvalue weighted by Gasteiger charge is 2.13. The lowest BCUT2D eigenvalue weighted by Gasteiger charge is -2.11. The lowest BCUT2D eigenvalue weighted by atomic mass is 10.1. The first-order valence-corrected chi connectivity index (χ1v) is 3.88. The van der Waals surface area contributed by atoms with Crippen molar-refractivity contribution in [2.45, 2.75) is 13.0 Å². The van der Waals surface area contributed by atoms with E-state index in [1.54, 1.807) is 6.92 Å². The topological polar surface area (TPSA) is 55.5 Å². The van der Waals surface area contributed by atoms with Gasteiger partial charge in [-0.15, -0.1) is 12.4 Å². The van der Waals surface area contributed by atoms with E-state index >= 15 is 0 Å². The summed E-state index contributed by atoms with van der Waals surface area (Å²) in [6, 6.07) is 1.88. The van der Waals surface area contributed by atoms with Crippen molar-refractivity contribution >= 4 is 12.4 Å².